The molecule has 146 valence electrons. The molecule has 3 rings (SSSR count). The number of anilines is 1. The summed E-state index contributed by atoms with van der Waals surface area (Å²) in [5.74, 6) is -1.21. The number of halogens is 1. The fourth-order valence-corrected chi connectivity index (χ4v) is 3.53. The monoisotopic (exact) mass is 381 g/mol. The lowest BCUT2D eigenvalue weighted by Crippen LogP contribution is -2.46. The molecular weight excluding hydrogens is 357 g/mol. The van der Waals surface area contributed by atoms with Crippen molar-refractivity contribution in [3.8, 4) is 6.07 Å². The fourth-order valence-electron chi connectivity index (χ4n) is 3.53. The van der Waals surface area contributed by atoms with Crippen molar-refractivity contribution < 1.29 is 13.9 Å². The summed E-state index contributed by atoms with van der Waals surface area (Å²) in [6, 6.07) is 12.9. The minimum Gasteiger partial charge on any atom is -0.465 e. The first-order chi connectivity index (χ1) is 13.5. The molecule has 1 saturated heterocycles. The third-order valence-corrected chi connectivity index (χ3v) is 5.17. The first kappa shape index (κ1) is 19.8. The number of piperazine rings is 1. The van der Waals surface area contributed by atoms with E-state index in [1.807, 2.05) is 12.1 Å². The van der Waals surface area contributed by atoms with Crippen LogP contribution in [0.3, 0.4) is 0 Å². The van der Waals surface area contributed by atoms with E-state index in [-0.39, 0.29) is 5.56 Å². The van der Waals surface area contributed by atoms with Crippen molar-refractivity contribution in [2.45, 2.75) is 19.9 Å². The Balaban J connectivity index is 1.61. The van der Waals surface area contributed by atoms with Gasteiger partial charge in [-0.2, -0.15) is 5.26 Å². The zero-order valence-electron chi connectivity index (χ0n) is 16.2. The minimum atomic E-state index is -0.661. The standard InChI is InChI=1S/C22H24FN3O2/c1-3-17-13-19(6-5-18(17)14-24)26-10-8-25(9-11-26)15-16-4-7-20(21(23)12-16)22(27)28-2/h4-7,12-13H,3,8-11,15H2,1-2H3. The number of nitriles is 1. The van der Waals surface area contributed by atoms with Gasteiger partial charge in [0, 0.05) is 38.4 Å². The SMILES string of the molecule is CCc1cc(N2CCN(Cc3ccc(C(=O)OC)c(F)c3)CC2)ccc1C#N. The van der Waals surface area contributed by atoms with Gasteiger partial charge in [-0.1, -0.05) is 13.0 Å². The highest BCUT2D eigenvalue weighted by atomic mass is 19.1. The number of rotatable bonds is 5. The predicted molar refractivity (Wildman–Crippen MR) is 106 cm³/mol. The third kappa shape index (κ3) is 4.32. The number of ether oxygens (including phenoxy) is 1. The quantitative estimate of drug-likeness (QED) is 0.744. The highest BCUT2D eigenvalue weighted by Gasteiger charge is 2.19. The summed E-state index contributed by atoms with van der Waals surface area (Å²) in [5.41, 5.74) is 3.75. The largest absolute Gasteiger partial charge is 0.465 e. The van der Waals surface area contributed by atoms with Crippen molar-refractivity contribution in [2.24, 2.45) is 0 Å². The molecular formula is C22H24FN3O2. The zero-order valence-corrected chi connectivity index (χ0v) is 16.2. The summed E-state index contributed by atoms with van der Waals surface area (Å²) in [5, 5.41) is 9.18. The van der Waals surface area contributed by atoms with E-state index in [1.165, 1.54) is 19.2 Å². The molecule has 1 fully saturated rings. The van der Waals surface area contributed by atoms with Crippen molar-refractivity contribution in [3.05, 3.63) is 64.5 Å². The lowest BCUT2D eigenvalue weighted by atomic mass is 10.0. The molecule has 0 unspecified atom stereocenters. The van der Waals surface area contributed by atoms with Gasteiger partial charge in [0.25, 0.3) is 0 Å². The van der Waals surface area contributed by atoms with Gasteiger partial charge in [-0.3, -0.25) is 4.90 Å². The Hall–Kier alpha value is -2.91. The highest BCUT2D eigenvalue weighted by molar-refractivity contribution is 5.89. The number of hydrogen-bond acceptors (Lipinski definition) is 5. The second-order valence-electron chi connectivity index (χ2n) is 6.88. The molecule has 5 nitrogen and oxygen atoms in total. The van der Waals surface area contributed by atoms with Crippen LogP contribution >= 0.6 is 0 Å². The Morgan fingerprint density at radius 2 is 1.93 bits per heavy atom. The molecule has 0 amide bonds. The summed E-state index contributed by atoms with van der Waals surface area (Å²) in [7, 11) is 1.24. The number of carbonyl (C=O) groups is 1. The molecule has 6 heteroatoms. The van der Waals surface area contributed by atoms with Gasteiger partial charge in [0.1, 0.15) is 5.82 Å². The summed E-state index contributed by atoms with van der Waals surface area (Å²) in [6.45, 7) is 6.17. The number of hydrogen-bond donors (Lipinski definition) is 0. The van der Waals surface area contributed by atoms with E-state index in [2.05, 4.69) is 33.6 Å². The fraction of sp³-hybridized carbons (Fsp3) is 0.364. The van der Waals surface area contributed by atoms with Crippen LogP contribution in [0.4, 0.5) is 10.1 Å². The Labute approximate surface area is 164 Å². The molecule has 1 heterocycles. The number of esters is 1. The van der Waals surface area contributed by atoms with E-state index in [1.54, 1.807) is 6.07 Å². The Morgan fingerprint density at radius 1 is 1.18 bits per heavy atom. The third-order valence-electron chi connectivity index (χ3n) is 5.17. The van der Waals surface area contributed by atoms with Crippen molar-refractivity contribution in [3.63, 3.8) is 0 Å². The number of methoxy groups -OCH3 is 1. The van der Waals surface area contributed by atoms with Crippen LogP contribution < -0.4 is 4.90 Å². The van der Waals surface area contributed by atoms with Gasteiger partial charge in [0.15, 0.2) is 0 Å². The molecule has 0 saturated carbocycles. The second-order valence-corrected chi connectivity index (χ2v) is 6.88. The molecule has 2 aromatic carbocycles. The molecule has 0 radical (unpaired) electrons. The molecule has 0 N–H and O–H groups in total. The van der Waals surface area contributed by atoms with Crippen molar-refractivity contribution >= 4 is 11.7 Å². The molecule has 2 aromatic rings. The van der Waals surface area contributed by atoms with Crippen molar-refractivity contribution in [1.29, 1.82) is 5.26 Å². The Kier molecular flexibility index (Phi) is 6.27. The van der Waals surface area contributed by atoms with Crippen LogP contribution in [0.1, 0.15) is 34.0 Å². The predicted octanol–water partition coefficient (Wildman–Crippen LogP) is 3.37. The molecule has 1 aliphatic rings. The van der Waals surface area contributed by atoms with Gasteiger partial charge in [-0.25, -0.2) is 9.18 Å². The highest BCUT2D eigenvalue weighted by Crippen LogP contribution is 2.22. The number of benzene rings is 2. The maximum absolute atomic E-state index is 14.1. The van der Waals surface area contributed by atoms with E-state index in [0.717, 1.165) is 55.0 Å². The van der Waals surface area contributed by atoms with Crippen molar-refractivity contribution in [1.82, 2.24) is 4.90 Å². The average Bonchev–Trinajstić information content (AvgIpc) is 2.73. The Morgan fingerprint density at radius 3 is 2.54 bits per heavy atom. The van der Waals surface area contributed by atoms with Crippen LogP contribution in [-0.2, 0) is 17.7 Å². The van der Waals surface area contributed by atoms with Gasteiger partial charge in [-0.05, 0) is 47.9 Å². The van der Waals surface area contributed by atoms with Crippen LogP contribution in [0.25, 0.3) is 0 Å². The van der Waals surface area contributed by atoms with Crippen LogP contribution in [0.5, 0.6) is 0 Å². The molecule has 0 bridgehead atoms. The van der Waals surface area contributed by atoms with Crippen LogP contribution in [0, 0.1) is 17.1 Å². The first-order valence-electron chi connectivity index (χ1n) is 9.42. The van der Waals surface area contributed by atoms with E-state index >= 15 is 0 Å². The lowest BCUT2D eigenvalue weighted by molar-refractivity contribution is 0.0595. The second kappa shape index (κ2) is 8.85. The summed E-state index contributed by atoms with van der Waals surface area (Å²) in [6.07, 6.45) is 0.837. The average molecular weight is 381 g/mol. The van der Waals surface area contributed by atoms with Gasteiger partial charge in [-0.15, -0.1) is 0 Å². The van der Waals surface area contributed by atoms with Gasteiger partial charge >= 0.3 is 5.97 Å². The zero-order chi connectivity index (χ0) is 20.1. The molecule has 0 atom stereocenters. The Bertz CT molecular complexity index is 899. The topological polar surface area (TPSA) is 56.6 Å². The molecule has 28 heavy (non-hydrogen) atoms. The van der Waals surface area contributed by atoms with Crippen LogP contribution in [-0.4, -0.2) is 44.2 Å². The lowest BCUT2D eigenvalue weighted by Gasteiger charge is -2.36. The number of carbonyl (C=O) groups excluding carboxylic acids is 1. The molecule has 1 aliphatic heterocycles. The maximum Gasteiger partial charge on any atom is 0.340 e. The minimum absolute atomic E-state index is 0.0383. The van der Waals surface area contributed by atoms with Crippen molar-refractivity contribution in [2.75, 3.05) is 38.2 Å². The van der Waals surface area contributed by atoms with Gasteiger partial charge in [0.05, 0.1) is 24.3 Å². The first-order valence-corrected chi connectivity index (χ1v) is 9.42. The van der Waals surface area contributed by atoms with E-state index in [0.29, 0.717) is 6.54 Å². The summed E-state index contributed by atoms with van der Waals surface area (Å²) < 4.78 is 18.7. The molecule has 0 aliphatic carbocycles. The normalized spacial score (nSPS) is 14.6. The van der Waals surface area contributed by atoms with Gasteiger partial charge < -0.3 is 9.64 Å². The number of nitrogens with zero attached hydrogens (tertiary/aromatic N) is 3. The molecule has 0 spiro atoms. The van der Waals surface area contributed by atoms with E-state index in [9.17, 15) is 14.4 Å². The smallest absolute Gasteiger partial charge is 0.340 e. The van der Waals surface area contributed by atoms with Crippen LogP contribution in [0.2, 0.25) is 0 Å². The molecule has 0 aromatic heterocycles. The summed E-state index contributed by atoms with van der Waals surface area (Å²) in [4.78, 5) is 16.1. The maximum atomic E-state index is 14.1. The van der Waals surface area contributed by atoms with Gasteiger partial charge in [0.2, 0.25) is 0 Å². The van der Waals surface area contributed by atoms with Crippen LogP contribution in [0.15, 0.2) is 36.4 Å². The van der Waals surface area contributed by atoms with E-state index < -0.39 is 11.8 Å². The number of aryl methyl sites for hydroxylation is 1. The summed E-state index contributed by atoms with van der Waals surface area (Å²) >= 11 is 0. The van der Waals surface area contributed by atoms with E-state index in [4.69, 9.17) is 0 Å².